The monoisotopic (exact) mass is 383 g/mol. The van der Waals surface area contributed by atoms with E-state index in [0.29, 0.717) is 6.54 Å². The first-order chi connectivity index (χ1) is 12.8. The lowest BCUT2D eigenvalue weighted by molar-refractivity contribution is -0.137. The maximum Gasteiger partial charge on any atom is 0.416 e. The van der Waals surface area contributed by atoms with Crippen LogP contribution in [0, 0.1) is 5.82 Å². The fraction of sp³-hybridized carbons (Fsp3) is 0.316. The van der Waals surface area contributed by atoms with Crippen molar-refractivity contribution in [3.63, 3.8) is 0 Å². The summed E-state index contributed by atoms with van der Waals surface area (Å²) in [6, 6.07) is 9.69. The summed E-state index contributed by atoms with van der Waals surface area (Å²) in [4.78, 5) is 14.1. The molecular weight excluding hydrogens is 366 g/mol. The SMILES string of the molecule is O=C(c1cccc(F)c1)N1CCOC[C@H](Oc2ccc(C(F)(F)F)cc2)C1. The first-order valence-electron chi connectivity index (χ1n) is 8.29. The molecule has 0 aromatic heterocycles. The summed E-state index contributed by atoms with van der Waals surface area (Å²) in [5.41, 5.74) is -0.556. The molecule has 2 aromatic carbocycles. The number of alkyl halides is 3. The summed E-state index contributed by atoms with van der Waals surface area (Å²) in [5.74, 6) is -0.623. The van der Waals surface area contributed by atoms with E-state index in [2.05, 4.69) is 0 Å². The number of carbonyl (C=O) groups excluding carboxylic acids is 1. The highest BCUT2D eigenvalue weighted by molar-refractivity contribution is 5.94. The Labute approximate surface area is 153 Å². The van der Waals surface area contributed by atoms with Crippen molar-refractivity contribution in [2.75, 3.05) is 26.3 Å². The van der Waals surface area contributed by atoms with Gasteiger partial charge in [0.15, 0.2) is 0 Å². The Morgan fingerprint density at radius 1 is 1.15 bits per heavy atom. The van der Waals surface area contributed by atoms with Crippen LogP contribution in [0.1, 0.15) is 15.9 Å². The first-order valence-corrected chi connectivity index (χ1v) is 8.29. The molecule has 0 N–H and O–H groups in total. The molecule has 1 saturated heterocycles. The minimum absolute atomic E-state index is 0.177. The molecule has 0 unspecified atom stereocenters. The largest absolute Gasteiger partial charge is 0.486 e. The molecular formula is C19H17F4NO3. The lowest BCUT2D eigenvalue weighted by Crippen LogP contribution is -2.40. The Morgan fingerprint density at radius 2 is 1.89 bits per heavy atom. The smallest absolute Gasteiger partial charge is 0.416 e. The number of rotatable bonds is 3. The number of ether oxygens (including phenoxy) is 2. The van der Waals surface area contributed by atoms with Crippen LogP contribution in [-0.2, 0) is 10.9 Å². The summed E-state index contributed by atoms with van der Waals surface area (Å²) < 4.78 is 62.4. The van der Waals surface area contributed by atoms with E-state index in [1.807, 2.05) is 0 Å². The zero-order valence-corrected chi connectivity index (χ0v) is 14.2. The van der Waals surface area contributed by atoms with Crippen molar-refractivity contribution in [2.24, 2.45) is 0 Å². The number of nitrogens with zero attached hydrogens (tertiary/aromatic N) is 1. The van der Waals surface area contributed by atoms with E-state index >= 15 is 0 Å². The number of benzene rings is 2. The third kappa shape index (κ3) is 4.97. The van der Waals surface area contributed by atoms with Crippen molar-refractivity contribution in [1.82, 2.24) is 4.90 Å². The van der Waals surface area contributed by atoms with Crippen molar-refractivity contribution in [3.8, 4) is 5.75 Å². The zero-order chi connectivity index (χ0) is 19.4. The predicted molar refractivity (Wildman–Crippen MR) is 89.0 cm³/mol. The summed E-state index contributed by atoms with van der Waals surface area (Å²) in [6.45, 7) is 0.959. The van der Waals surface area contributed by atoms with Gasteiger partial charge in [-0.2, -0.15) is 13.2 Å². The van der Waals surface area contributed by atoms with Crippen molar-refractivity contribution in [3.05, 3.63) is 65.5 Å². The second-order valence-electron chi connectivity index (χ2n) is 6.10. The highest BCUT2D eigenvalue weighted by Crippen LogP contribution is 2.30. The Morgan fingerprint density at radius 3 is 2.56 bits per heavy atom. The van der Waals surface area contributed by atoms with Crippen LogP contribution in [0.5, 0.6) is 5.75 Å². The first kappa shape index (κ1) is 19.2. The minimum atomic E-state index is -4.42. The Balaban J connectivity index is 1.68. The third-order valence-electron chi connectivity index (χ3n) is 4.08. The normalized spacial score (nSPS) is 18.1. The van der Waals surface area contributed by atoms with Crippen LogP contribution < -0.4 is 4.74 Å². The molecule has 1 fully saturated rings. The average Bonchev–Trinajstić information content (AvgIpc) is 2.86. The van der Waals surface area contributed by atoms with Crippen LogP contribution in [0.2, 0.25) is 0 Å². The molecule has 1 atom stereocenters. The summed E-state index contributed by atoms with van der Waals surface area (Å²) in [7, 11) is 0. The molecule has 0 radical (unpaired) electrons. The van der Waals surface area contributed by atoms with Gasteiger partial charge in [0.1, 0.15) is 17.7 Å². The molecule has 3 rings (SSSR count). The Hall–Kier alpha value is -2.61. The molecule has 8 heteroatoms. The summed E-state index contributed by atoms with van der Waals surface area (Å²) in [6.07, 6.45) is -4.97. The van der Waals surface area contributed by atoms with E-state index in [1.54, 1.807) is 0 Å². The van der Waals surface area contributed by atoms with Gasteiger partial charge in [0.2, 0.25) is 0 Å². The van der Waals surface area contributed by atoms with Crippen molar-refractivity contribution in [1.29, 1.82) is 0 Å². The maximum atomic E-state index is 13.4. The number of hydrogen-bond acceptors (Lipinski definition) is 3. The van der Waals surface area contributed by atoms with Gasteiger partial charge in [-0.25, -0.2) is 4.39 Å². The van der Waals surface area contributed by atoms with E-state index in [1.165, 1.54) is 35.2 Å². The molecule has 1 amide bonds. The molecule has 1 aliphatic rings. The lowest BCUT2D eigenvalue weighted by Gasteiger charge is -2.24. The number of halogens is 4. The second-order valence-corrected chi connectivity index (χ2v) is 6.10. The van der Waals surface area contributed by atoms with Gasteiger partial charge in [0, 0.05) is 12.1 Å². The van der Waals surface area contributed by atoms with Gasteiger partial charge in [-0.15, -0.1) is 0 Å². The maximum absolute atomic E-state index is 13.4. The van der Waals surface area contributed by atoms with Crippen LogP contribution in [0.25, 0.3) is 0 Å². The molecule has 2 aromatic rings. The topological polar surface area (TPSA) is 38.8 Å². The van der Waals surface area contributed by atoms with Gasteiger partial charge in [-0.05, 0) is 42.5 Å². The van der Waals surface area contributed by atoms with E-state index in [-0.39, 0.29) is 37.0 Å². The van der Waals surface area contributed by atoms with Crippen molar-refractivity contribution < 1.29 is 31.8 Å². The number of amides is 1. The van der Waals surface area contributed by atoms with Gasteiger partial charge in [-0.1, -0.05) is 6.07 Å². The van der Waals surface area contributed by atoms with E-state index in [9.17, 15) is 22.4 Å². The standard InChI is InChI=1S/C19H17F4NO3/c20-15-3-1-2-13(10-15)18(25)24-8-9-26-12-17(11-24)27-16-6-4-14(5-7-16)19(21,22)23/h1-7,10,17H,8-9,11-12H2/t17-/m1/s1. The van der Waals surface area contributed by atoms with Crippen molar-refractivity contribution >= 4 is 5.91 Å². The van der Waals surface area contributed by atoms with E-state index in [0.717, 1.165) is 18.2 Å². The average molecular weight is 383 g/mol. The molecule has 1 heterocycles. The summed E-state index contributed by atoms with van der Waals surface area (Å²) in [5, 5.41) is 0. The number of hydrogen-bond donors (Lipinski definition) is 0. The molecule has 0 aliphatic carbocycles. The predicted octanol–water partition coefficient (Wildman–Crippen LogP) is 3.76. The van der Waals surface area contributed by atoms with Crippen LogP contribution in [0.15, 0.2) is 48.5 Å². The number of carbonyl (C=O) groups is 1. The quantitative estimate of drug-likeness (QED) is 0.758. The van der Waals surface area contributed by atoms with Gasteiger partial charge in [0.25, 0.3) is 5.91 Å². The molecule has 0 bridgehead atoms. The zero-order valence-electron chi connectivity index (χ0n) is 14.2. The van der Waals surface area contributed by atoms with Gasteiger partial charge >= 0.3 is 6.18 Å². The lowest BCUT2D eigenvalue weighted by atomic mass is 10.2. The molecule has 27 heavy (non-hydrogen) atoms. The van der Waals surface area contributed by atoms with Crippen LogP contribution in [-0.4, -0.2) is 43.2 Å². The van der Waals surface area contributed by atoms with Gasteiger partial charge < -0.3 is 14.4 Å². The van der Waals surface area contributed by atoms with E-state index in [4.69, 9.17) is 9.47 Å². The highest BCUT2D eigenvalue weighted by atomic mass is 19.4. The van der Waals surface area contributed by atoms with Crippen molar-refractivity contribution in [2.45, 2.75) is 12.3 Å². The minimum Gasteiger partial charge on any atom is -0.486 e. The Kier molecular flexibility index (Phi) is 5.65. The highest BCUT2D eigenvalue weighted by Gasteiger charge is 2.30. The Bertz CT molecular complexity index is 792. The van der Waals surface area contributed by atoms with Gasteiger partial charge in [-0.3, -0.25) is 4.79 Å². The van der Waals surface area contributed by atoms with Gasteiger partial charge in [0.05, 0.1) is 25.3 Å². The van der Waals surface area contributed by atoms with E-state index < -0.39 is 23.7 Å². The van der Waals surface area contributed by atoms with Crippen LogP contribution >= 0.6 is 0 Å². The molecule has 0 saturated carbocycles. The molecule has 1 aliphatic heterocycles. The fourth-order valence-electron chi connectivity index (χ4n) is 2.75. The second kappa shape index (κ2) is 7.96. The third-order valence-corrected chi connectivity index (χ3v) is 4.08. The van der Waals surface area contributed by atoms with Crippen LogP contribution in [0.3, 0.4) is 0 Å². The summed E-state index contributed by atoms with van der Waals surface area (Å²) >= 11 is 0. The fourth-order valence-corrected chi connectivity index (χ4v) is 2.75. The molecule has 144 valence electrons. The molecule has 0 spiro atoms. The molecule has 4 nitrogen and oxygen atoms in total. The van der Waals surface area contributed by atoms with Crippen LogP contribution in [0.4, 0.5) is 17.6 Å².